The number of rotatable bonds is 5. The van der Waals surface area contributed by atoms with E-state index in [2.05, 4.69) is 6.58 Å². The van der Waals surface area contributed by atoms with Crippen molar-refractivity contribution in [3.05, 3.63) is 24.3 Å². The predicted octanol–water partition coefficient (Wildman–Crippen LogP) is 1.36. The Kier molecular flexibility index (Phi) is 4.60. The van der Waals surface area contributed by atoms with Crippen molar-refractivity contribution in [2.24, 2.45) is 11.8 Å². The topological polar surface area (TPSA) is 57.7 Å². The van der Waals surface area contributed by atoms with E-state index in [1.54, 1.807) is 4.90 Å². The lowest BCUT2D eigenvalue weighted by molar-refractivity contribution is -0.146. The molecule has 0 aromatic heterocycles. The van der Waals surface area contributed by atoms with Gasteiger partial charge in [-0.3, -0.25) is 19.3 Å². The summed E-state index contributed by atoms with van der Waals surface area (Å²) in [7, 11) is 0. The summed E-state index contributed by atoms with van der Waals surface area (Å²) in [5.74, 6) is -1.14. The van der Waals surface area contributed by atoms with Crippen molar-refractivity contribution >= 4 is 17.7 Å². The van der Waals surface area contributed by atoms with E-state index in [4.69, 9.17) is 0 Å². The van der Waals surface area contributed by atoms with E-state index < -0.39 is 0 Å². The SMILES string of the molecule is C=C(C)CN(CC)C(=O)CN1C(=O)[C@H]2CC=CC[C@@H]2C1=O. The van der Waals surface area contributed by atoms with Crippen molar-refractivity contribution in [1.82, 2.24) is 9.80 Å². The normalized spacial score (nSPS) is 24.2. The van der Waals surface area contributed by atoms with Gasteiger partial charge in [0.15, 0.2) is 0 Å². The second kappa shape index (κ2) is 6.24. The van der Waals surface area contributed by atoms with Gasteiger partial charge in [-0.25, -0.2) is 0 Å². The minimum Gasteiger partial charge on any atom is -0.337 e. The average Bonchev–Trinajstić information content (AvgIpc) is 2.70. The zero-order valence-corrected chi connectivity index (χ0v) is 12.7. The molecule has 0 saturated carbocycles. The molecule has 3 amide bonds. The number of hydrogen-bond acceptors (Lipinski definition) is 3. The molecule has 1 heterocycles. The predicted molar refractivity (Wildman–Crippen MR) is 79.1 cm³/mol. The molecule has 21 heavy (non-hydrogen) atoms. The Labute approximate surface area is 125 Å². The minimum atomic E-state index is -0.272. The molecule has 5 nitrogen and oxygen atoms in total. The first-order valence-electron chi connectivity index (χ1n) is 7.38. The van der Waals surface area contributed by atoms with Crippen LogP contribution in [0.3, 0.4) is 0 Å². The summed E-state index contributed by atoms with van der Waals surface area (Å²) in [5.41, 5.74) is 0.877. The quantitative estimate of drug-likeness (QED) is 0.567. The molecule has 0 aromatic carbocycles. The lowest BCUT2D eigenvalue weighted by Gasteiger charge is -2.23. The third kappa shape index (κ3) is 3.06. The molecule has 0 N–H and O–H groups in total. The van der Waals surface area contributed by atoms with Gasteiger partial charge in [0.25, 0.3) is 0 Å². The van der Waals surface area contributed by atoms with Crippen LogP contribution in [0, 0.1) is 11.8 Å². The number of nitrogens with zero attached hydrogens (tertiary/aromatic N) is 2. The summed E-state index contributed by atoms with van der Waals surface area (Å²) >= 11 is 0. The molecule has 0 spiro atoms. The molecule has 0 bridgehead atoms. The molecule has 2 aliphatic rings. The van der Waals surface area contributed by atoms with Gasteiger partial charge in [-0.15, -0.1) is 0 Å². The first kappa shape index (κ1) is 15.5. The van der Waals surface area contributed by atoms with Crippen LogP contribution in [0.5, 0.6) is 0 Å². The molecule has 2 atom stereocenters. The molecule has 2 rings (SSSR count). The number of carbonyl (C=O) groups is 3. The van der Waals surface area contributed by atoms with Gasteiger partial charge < -0.3 is 4.90 Å². The molecule has 1 aliphatic heterocycles. The highest BCUT2D eigenvalue weighted by atomic mass is 16.2. The molecular weight excluding hydrogens is 268 g/mol. The lowest BCUT2D eigenvalue weighted by atomic mass is 9.85. The second-order valence-corrected chi connectivity index (χ2v) is 5.78. The van der Waals surface area contributed by atoms with Gasteiger partial charge in [-0.1, -0.05) is 24.3 Å². The number of likely N-dealkylation sites (N-methyl/N-ethyl adjacent to an activating group) is 1. The van der Waals surface area contributed by atoms with E-state index in [9.17, 15) is 14.4 Å². The summed E-state index contributed by atoms with van der Waals surface area (Å²) in [6.07, 6.45) is 5.08. The van der Waals surface area contributed by atoms with E-state index in [1.807, 2.05) is 26.0 Å². The molecule has 0 radical (unpaired) electrons. The van der Waals surface area contributed by atoms with Crippen LogP contribution in [-0.4, -0.2) is 47.2 Å². The van der Waals surface area contributed by atoms with Crippen molar-refractivity contribution < 1.29 is 14.4 Å². The van der Waals surface area contributed by atoms with Crippen LogP contribution >= 0.6 is 0 Å². The number of hydrogen-bond donors (Lipinski definition) is 0. The third-order valence-electron chi connectivity index (χ3n) is 4.09. The summed E-state index contributed by atoms with van der Waals surface area (Å²) < 4.78 is 0. The zero-order chi connectivity index (χ0) is 15.6. The smallest absolute Gasteiger partial charge is 0.243 e. The van der Waals surface area contributed by atoms with E-state index in [0.717, 1.165) is 10.5 Å². The third-order valence-corrected chi connectivity index (χ3v) is 4.09. The highest BCUT2D eigenvalue weighted by molar-refractivity contribution is 6.07. The molecule has 1 fully saturated rings. The van der Waals surface area contributed by atoms with Crippen molar-refractivity contribution in [2.75, 3.05) is 19.6 Å². The van der Waals surface area contributed by atoms with Crippen molar-refractivity contribution in [1.29, 1.82) is 0 Å². The number of fused-ring (bicyclic) bond motifs is 1. The molecule has 0 unspecified atom stereocenters. The largest absolute Gasteiger partial charge is 0.337 e. The average molecular weight is 290 g/mol. The van der Waals surface area contributed by atoms with Gasteiger partial charge in [-0.05, 0) is 26.7 Å². The zero-order valence-electron chi connectivity index (χ0n) is 12.7. The van der Waals surface area contributed by atoms with Crippen LogP contribution in [0.15, 0.2) is 24.3 Å². The van der Waals surface area contributed by atoms with E-state index in [-0.39, 0.29) is 36.1 Å². The van der Waals surface area contributed by atoms with Crippen LogP contribution in [-0.2, 0) is 14.4 Å². The second-order valence-electron chi connectivity index (χ2n) is 5.78. The summed E-state index contributed by atoms with van der Waals surface area (Å²) in [5, 5.41) is 0. The van der Waals surface area contributed by atoms with Gasteiger partial charge in [0.2, 0.25) is 17.7 Å². The molecular formula is C16H22N2O3. The molecule has 114 valence electrons. The Bertz CT molecular complexity index is 484. The Morgan fingerprint density at radius 1 is 1.29 bits per heavy atom. The maximum atomic E-state index is 12.3. The van der Waals surface area contributed by atoms with Crippen LogP contribution in [0.2, 0.25) is 0 Å². The fraction of sp³-hybridized carbons (Fsp3) is 0.562. The minimum absolute atomic E-state index is 0.147. The molecule has 5 heteroatoms. The number of likely N-dealkylation sites (tertiary alicyclic amines) is 1. The standard InChI is InChI=1S/C16H22N2O3/c1-4-17(9-11(2)3)14(19)10-18-15(20)12-7-5-6-8-13(12)16(18)21/h5-6,12-13H,2,4,7-10H2,1,3H3/t12-,13-/m0/s1. The maximum Gasteiger partial charge on any atom is 0.243 e. The Hall–Kier alpha value is -1.91. The van der Waals surface area contributed by atoms with Crippen LogP contribution in [0.25, 0.3) is 0 Å². The Morgan fingerprint density at radius 2 is 1.81 bits per heavy atom. The fourth-order valence-corrected chi connectivity index (χ4v) is 2.96. The lowest BCUT2D eigenvalue weighted by Crippen LogP contribution is -2.43. The van der Waals surface area contributed by atoms with Gasteiger partial charge in [0.05, 0.1) is 11.8 Å². The van der Waals surface area contributed by atoms with Gasteiger partial charge in [0.1, 0.15) is 6.54 Å². The van der Waals surface area contributed by atoms with E-state index in [1.165, 1.54) is 0 Å². The number of allylic oxidation sites excluding steroid dienone is 2. The van der Waals surface area contributed by atoms with Crippen LogP contribution in [0.4, 0.5) is 0 Å². The van der Waals surface area contributed by atoms with Gasteiger partial charge in [-0.2, -0.15) is 0 Å². The number of carbonyl (C=O) groups excluding carboxylic acids is 3. The highest BCUT2D eigenvalue weighted by Crippen LogP contribution is 2.34. The van der Waals surface area contributed by atoms with Gasteiger partial charge in [0, 0.05) is 13.1 Å². The summed E-state index contributed by atoms with van der Waals surface area (Å²) in [6.45, 7) is 8.37. The van der Waals surface area contributed by atoms with Gasteiger partial charge >= 0.3 is 0 Å². The summed E-state index contributed by atoms with van der Waals surface area (Å²) in [4.78, 5) is 39.6. The highest BCUT2D eigenvalue weighted by Gasteiger charge is 2.47. The summed E-state index contributed by atoms with van der Waals surface area (Å²) in [6, 6.07) is 0. The molecule has 1 aliphatic carbocycles. The van der Waals surface area contributed by atoms with Crippen molar-refractivity contribution in [3.63, 3.8) is 0 Å². The van der Waals surface area contributed by atoms with Crippen LogP contribution < -0.4 is 0 Å². The number of amides is 3. The first-order chi connectivity index (χ1) is 9.95. The maximum absolute atomic E-state index is 12.3. The number of imide groups is 1. The van der Waals surface area contributed by atoms with Crippen molar-refractivity contribution in [2.45, 2.75) is 26.7 Å². The first-order valence-corrected chi connectivity index (χ1v) is 7.38. The van der Waals surface area contributed by atoms with Crippen LogP contribution in [0.1, 0.15) is 26.7 Å². The van der Waals surface area contributed by atoms with E-state index in [0.29, 0.717) is 25.9 Å². The van der Waals surface area contributed by atoms with E-state index >= 15 is 0 Å². The van der Waals surface area contributed by atoms with Crippen molar-refractivity contribution in [3.8, 4) is 0 Å². The molecule has 0 aromatic rings. The Morgan fingerprint density at radius 3 is 2.24 bits per heavy atom. The fourth-order valence-electron chi connectivity index (χ4n) is 2.96. The monoisotopic (exact) mass is 290 g/mol. The Balaban J connectivity index is 2.05. The molecule has 1 saturated heterocycles.